The van der Waals surface area contributed by atoms with Gasteiger partial charge in [0, 0.05) is 12.1 Å². The second kappa shape index (κ2) is 7.27. The zero-order chi connectivity index (χ0) is 19.7. The van der Waals surface area contributed by atoms with Crippen LogP contribution in [0.1, 0.15) is 37.4 Å². The summed E-state index contributed by atoms with van der Waals surface area (Å²) in [6.45, 7) is 5.69. The Balaban J connectivity index is 2.19. The maximum Gasteiger partial charge on any atom is 0.294 e. The molecule has 1 aliphatic heterocycles. The van der Waals surface area contributed by atoms with Crippen LogP contribution >= 0.6 is 0 Å². The monoisotopic (exact) mass is 365 g/mol. The van der Waals surface area contributed by atoms with Gasteiger partial charge in [0.2, 0.25) is 0 Å². The molecule has 0 saturated carbocycles. The van der Waals surface area contributed by atoms with E-state index in [1.807, 2.05) is 32.9 Å². The fourth-order valence-electron chi connectivity index (χ4n) is 3.46. The van der Waals surface area contributed by atoms with Crippen molar-refractivity contribution < 1.29 is 19.8 Å². The summed E-state index contributed by atoms with van der Waals surface area (Å²) in [6, 6.07) is 13.0. The maximum atomic E-state index is 12.9. The van der Waals surface area contributed by atoms with Crippen molar-refractivity contribution >= 4 is 17.4 Å². The number of aliphatic hydroxyl groups is 1. The number of benzene rings is 2. The largest absolute Gasteiger partial charge is 0.508 e. The van der Waals surface area contributed by atoms with Crippen molar-refractivity contribution in [1.82, 2.24) is 0 Å². The van der Waals surface area contributed by atoms with Gasteiger partial charge in [-0.2, -0.15) is 0 Å². The van der Waals surface area contributed by atoms with E-state index < -0.39 is 17.7 Å². The van der Waals surface area contributed by atoms with Crippen LogP contribution in [0.4, 0.5) is 5.69 Å². The number of carbonyl (C=O) groups is 2. The first-order valence-electron chi connectivity index (χ1n) is 8.95. The molecule has 2 aromatic rings. The standard InChI is InChI=1S/C22H23NO4/c1-13(2)11-18(25)19-20(15-8-6-9-16(24)12-15)23(22(27)21(19)26)17-10-5-4-7-14(17)3/h4-10,12-13,20,24,26H,11H2,1-3H3. The van der Waals surface area contributed by atoms with E-state index in [0.29, 0.717) is 11.3 Å². The van der Waals surface area contributed by atoms with Crippen molar-refractivity contribution in [3.8, 4) is 5.75 Å². The van der Waals surface area contributed by atoms with Crippen molar-refractivity contribution in [1.29, 1.82) is 0 Å². The van der Waals surface area contributed by atoms with Crippen LogP contribution in [0, 0.1) is 12.8 Å². The van der Waals surface area contributed by atoms with Gasteiger partial charge in [-0.25, -0.2) is 0 Å². The van der Waals surface area contributed by atoms with Crippen molar-refractivity contribution in [2.75, 3.05) is 4.90 Å². The van der Waals surface area contributed by atoms with Crippen LogP contribution in [-0.4, -0.2) is 21.9 Å². The normalized spacial score (nSPS) is 17.1. The summed E-state index contributed by atoms with van der Waals surface area (Å²) in [4.78, 5) is 27.3. The number of hydrogen-bond acceptors (Lipinski definition) is 4. The SMILES string of the molecule is Cc1ccccc1N1C(=O)C(O)=C(C(=O)CC(C)C)C1c1cccc(O)c1. The highest BCUT2D eigenvalue weighted by atomic mass is 16.3. The number of Topliss-reactive ketones (excluding diaryl/α,β-unsaturated/α-hetero) is 1. The molecular weight excluding hydrogens is 342 g/mol. The number of ketones is 1. The first-order valence-corrected chi connectivity index (χ1v) is 8.95. The fraction of sp³-hybridized carbons (Fsp3) is 0.273. The van der Waals surface area contributed by atoms with Crippen molar-refractivity contribution in [3.63, 3.8) is 0 Å². The summed E-state index contributed by atoms with van der Waals surface area (Å²) in [7, 11) is 0. The molecule has 2 aromatic carbocycles. The number of phenolic OH excluding ortho intramolecular Hbond substituents is 1. The number of amides is 1. The van der Waals surface area contributed by atoms with Gasteiger partial charge in [-0.1, -0.05) is 44.2 Å². The lowest BCUT2D eigenvalue weighted by Crippen LogP contribution is -2.31. The number of hydrogen-bond donors (Lipinski definition) is 2. The van der Waals surface area contributed by atoms with E-state index in [1.165, 1.54) is 17.0 Å². The van der Waals surface area contributed by atoms with E-state index in [-0.39, 0.29) is 29.4 Å². The van der Waals surface area contributed by atoms with E-state index in [4.69, 9.17) is 0 Å². The minimum Gasteiger partial charge on any atom is -0.508 e. The highest BCUT2D eigenvalue weighted by Crippen LogP contribution is 2.43. The van der Waals surface area contributed by atoms with E-state index in [2.05, 4.69) is 0 Å². The Morgan fingerprint density at radius 2 is 1.81 bits per heavy atom. The van der Waals surface area contributed by atoms with E-state index in [9.17, 15) is 19.8 Å². The molecule has 5 heteroatoms. The molecule has 1 unspecified atom stereocenters. The molecule has 1 atom stereocenters. The number of nitrogens with zero attached hydrogens (tertiary/aromatic N) is 1. The quantitative estimate of drug-likeness (QED) is 0.832. The Morgan fingerprint density at radius 1 is 1.11 bits per heavy atom. The molecule has 27 heavy (non-hydrogen) atoms. The Bertz CT molecular complexity index is 929. The average molecular weight is 365 g/mol. The summed E-state index contributed by atoms with van der Waals surface area (Å²) in [6.07, 6.45) is 0.226. The molecule has 0 saturated heterocycles. The maximum absolute atomic E-state index is 12.9. The molecule has 1 amide bonds. The molecule has 0 aromatic heterocycles. The van der Waals surface area contributed by atoms with Gasteiger partial charge in [0.05, 0.1) is 11.6 Å². The summed E-state index contributed by atoms with van der Waals surface area (Å²) >= 11 is 0. The van der Waals surface area contributed by atoms with Gasteiger partial charge in [-0.15, -0.1) is 0 Å². The van der Waals surface area contributed by atoms with Crippen LogP contribution < -0.4 is 4.90 Å². The number of anilines is 1. The Morgan fingerprint density at radius 3 is 2.44 bits per heavy atom. The van der Waals surface area contributed by atoms with Crippen LogP contribution in [0.2, 0.25) is 0 Å². The Labute approximate surface area is 158 Å². The molecule has 0 spiro atoms. The number of aryl methyl sites for hydroxylation is 1. The van der Waals surface area contributed by atoms with Crippen molar-refractivity contribution in [2.24, 2.45) is 5.92 Å². The number of aromatic hydroxyl groups is 1. The number of aliphatic hydroxyl groups excluding tert-OH is 1. The molecule has 5 nitrogen and oxygen atoms in total. The molecule has 1 aliphatic rings. The molecule has 0 aliphatic carbocycles. The van der Waals surface area contributed by atoms with Gasteiger partial charge >= 0.3 is 0 Å². The number of phenols is 1. The minimum atomic E-state index is -0.781. The molecule has 2 N–H and O–H groups in total. The molecule has 1 heterocycles. The third-order valence-corrected chi connectivity index (χ3v) is 4.66. The van der Waals surface area contributed by atoms with Crippen molar-refractivity contribution in [2.45, 2.75) is 33.2 Å². The predicted molar refractivity (Wildman–Crippen MR) is 104 cm³/mol. The molecule has 3 rings (SSSR count). The number of carbonyl (C=O) groups excluding carboxylic acids is 2. The van der Waals surface area contributed by atoms with Gasteiger partial charge in [0.1, 0.15) is 5.75 Å². The first-order chi connectivity index (χ1) is 12.8. The van der Waals surface area contributed by atoms with Gasteiger partial charge in [0.25, 0.3) is 5.91 Å². The predicted octanol–water partition coefficient (Wildman–Crippen LogP) is 4.22. The van der Waals surface area contributed by atoms with Crippen LogP contribution in [0.5, 0.6) is 5.75 Å². The average Bonchev–Trinajstić information content (AvgIpc) is 2.86. The Kier molecular flexibility index (Phi) is 5.04. The zero-order valence-corrected chi connectivity index (χ0v) is 15.6. The number of rotatable bonds is 5. The molecule has 0 fully saturated rings. The van der Waals surface area contributed by atoms with Crippen LogP contribution in [0.3, 0.4) is 0 Å². The number of para-hydroxylation sites is 1. The molecule has 0 bridgehead atoms. The summed E-state index contributed by atoms with van der Waals surface area (Å²) in [5.74, 6) is -1.26. The molecular formula is C22H23NO4. The van der Waals surface area contributed by atoms with Crippen LogP contribution in [-0.2, 0) is 9.59 Å². The van der Waals surface area contributed by atoms with Gasteiger partial charge < -0.3 is 10.2 Å². The summed E-state index contributed by atoms with van der Waals surface area (Å²) in [5.41, 5.74) is 2.13. The third kappa shape index (κ3) is 3.45. The van der Waals surface area contributed by atoms with Gasteiger partial charge in [-0.05, 0) is 42.2 Å². The molecule has 0 radical (unpaired) electrons. The lowest BCUT2D eigenvalue weighted by molar-refractivity contribution is -0.118. The fourth-order valence-corrected chi connectivity index (χ4v) is 3.46. The lowest BCUT2D eigenvalue weighted by Gasteiger charge is -2.28. The Hall–Kier alpha value is -3.08. The smallest absolute Gasteiger partial charge is 0.294 e. The van der Waals surface area contributed by atoms with E-state index >= 15 is 0 Å². The first kappa shape index (κ1) is 18.7. The van der Waals surface area contributed by atoms with Crippen molar-refractivity contribution in [3.05, 3.63) is 71.0 Å². The topological polar surface area (TPSA) is 77.8 Å². The second-order valence-corrected chi connectivity index (χ2v) is 7.24. The minimum absolute atomic E-state index is 0.0340. The summed E-state index contributed by atoms with van der Waals surface area (Å²) in [5, 5.41) is 20.5. The van der Waals surface area contributed by atoms with Crippen LogP contribution in [0.15, 0.2) is 59.9 Å². The summed E-state index contributed by atoms with van der Waals surface area (Å²) < 4.78 is 0. The highest BCUT2D eigenvalue weighted by molar-refractivity contribution is 6.16. The van der Waals surface area contributed by atoms with E-state index in [1.54, 1.807) is 24.3 Å². The second-order valence-electron chi connectivity index (χ2n) is 7.24. The van der Waals surface area contributed by atoms with Gasteiger partial charge in [0.15, 0.2) is 11.5 Å². The van der Waals surface area contributed by atoms with E-state index in [0.717, 1.165) is 5.56 Å². The highest BCUT2D eigenvalue weighted by Gasteiger charge is 2.44. The van der Waals surface area contributed by atoms with Gasteiger partial charge in [-0.3, -0.25) is 14.5 Å². The molecule has 140 valence electrons. The third-order valence-electron chi connectivity index (χ3n) is 4.66. The van der Waals surface area contributed by atoms with Crippen LogP contribution in [0.25, 0.3) is 0 Å². The zero-order valence-electron chi connectivity index (χ0n) is 15.6. The lowest BCUT2D eigenvalue weighted by atomic mass is 9.91.